The number of nitrogens with zero attached hydrogens (tertiary/aromatic N) is 3. The van der Waals surface area contributed by atoms with Crippen molar-refractivity contribution in [3.63, 3.8) is 0 Å². The molecule has 1 atom stereocenters. The molecule has 3 rings (SSSR count). The number of aromatic nitrogens is 3. The number of rotatable bonds is 8. The number of alkyl halides is 2. The number of carbonyl (C=O) groups is 1. The minimum atomic E-state index is -2.63. The first-order chi connectivity index (χ1) is 15.0. The maximum atomic E-state index is 13.7. The van der Waals surface area contributed by atoms with Gasteiger partial charge >= 0.3 is 6.01 Å². The Morgan fingerprint density at radius 3 is 2.35 bits per heavy atom. The molecule has 31 heavy (non-hydrogen) atoms. The van der Waals surface area contributed by atoms with E-state index in [1.807, 2.05) is 6.92 Å². The van der Waals surface area contributed by atoms with E-state index in [0.29, 0.717) is 11.1 Å². The Morgan fingerprint density at radius 1 is 1.13 bits per heavy atom. The molecule has 168 valence electrons. The molecular formula is C22H28F2N4O3. The van der Waals surface area contributed by atoms with E-state index < -0.39 is 6.43 Å². The molecule has 2 aromatic heterocycles. The van der Waals surface area contributed by atoms with Gasteiger partial charge < -0.3 is 14.8 Å². The molecule has 0 spiro atoms. The van der Waals surface area contributed by atoms with Gasteiger partial charge in [-0.1, -0.05) is 6.92 Å². The van der Waals surface area contributed by atoms with Crippen molar-refractivity contribution in [3.05, 3.63) is 41.3 Å². The van der Waals surface area contributed by atoms with Crippen molar-refractivity contribution in [1.29, 1.82) is 0 Å². The normalized spacial score (nSPS) is 19.7. The predicted molar refractivity (Wildman–Crippen MR) is 111 cm³/mol. The highest BCUT2D eigenvalue weighted by atomic mass is 19.3. The first-order valence-electron chi connectivity index (χ1n) is 10.5. The van der Waals surface area contributed by atoms with Crippen molar-refractivity contribution in [1.82, 2.24) is 20.3 Å². The topological polar surface area (TPSA) is 86.2 Å². The summed E-state index contributed by atoms with van der Waals surface area (Å²) < 4.78 is 37.3. The molecule has 0 aromatic carbocycles. The summed E-state index contributed by atoms with van der Waals surface area (Å²) in [5.74, 6) is 0.0777. The zero-order chi connectivity index (χ0) is 22.4. The molecule has 1 aliphatic carbocycles. The summed E-state index contributed by atoms with van der Waals surface area (Å²) in [4.78, 5) is 24.5. The van der Waals surface area contributed by atoms with Gasteiger partial charge in [-0.3, -0.25) is 4.79 Å². The first kappa shape index (κ1) is 22.8. The van der Waals surface area contributed by atoms with E-state index in [1.165, 1.54) is 32.8 Å². The molecule has 2 aromatic rings. The first-order valence-corrected chi connectivity index (χ1v) is 10.5. The second-order valence-electron chi connectivity index (χ2n) is 7.68. The fraction of sp³-hybridized carbons (Fsp3) is 0.545. The number of hydrogen-bond acceptors (Lipinski definition) is 6. The minimum absolute atomic E-state index is 0.00269. The minimum Gasteiger partial charge on any atom is -0.481 e. The van der Waals surface area contributed by atoms with Crippen molar-refractivity contribution in [2.45, 2.75) is 57.4 Å². The van der Waals surface area contributed by atoms with Crippen molar-refractivity contribution in [3.8, 4) is 11.9 Å². The summed E-state index contributed by atoms with van der Waals surface area (Å²) in [6, 6.07) is 1.88. The molecule has 9 heteroatoms. The average Bonchev–Trinajstić information content (AvgIpc) is 2.81. The lowest BCUT2D eigenvalue weighted by Crippen LogP contribution is -2.41. The van der Waals surface area contributed by atoms with Crippen LogP contribution >= 0.6 is 0 Å². The van der Waals surface area contributed by atoms with Crippen LogP contribution in [0.1, 0.15) is 72.9 Å². The second-order valence-corrected chi connectivity index (χ2v) is 7.68. The van der Waals surface area contributed by atoms with Crippen LogP contribution in [0.4, 0.5) is 8.78 Å². The van der Waals surface area contributed by atoms with Crippen LogP contribution in [0, 0.1) is 5.92 Å². The van der Waals surface area contributed by atoms with Gasteiger partial charge in [0.05, 0.1) is 25.3 Å². The smallest absolute Gasteiger partial charge is 0.316 e. The molecule has 2 heterocycles. The van der Waals surface area contributed by atoms with E-state index in [1.54, 1.807) is 6.07 Å². The summed E-state index contributed by atoms with van der Waals surface area (Å²) in [5, 5.41) is 3.08. The molecule has 0 radical (unpaired) electrons. The number of ether oxygens (including phenoxy) is 2. The quantitative estimate of drug-likeness (QED) is 0.666. The molecule has 1 fully saturated rings. The number of carbonyl (C=O) groups excluding carboxylic acids is 1. The van der Waals surface area contributed by atoms with Crippen LogP contribution in [-0.2, 0) is 0 Å². The number of halogens is 2. The SMILES string of the molecule is CC[C@H](NC(=O)c1cnc(OC)nc1)[C@H]1CC[C@@H](c2ccnc(OC)c2C(F)F)CC1. The van der Waals surface area contributed by atoms with Crippen LogP contribution < -0.4 is 14.8 Å². The summed E-state index contributed by atoms with van der Waals surface area (Å²) >= 11 is 0. The lowest BCUT2D eigenvalue weighted by molar-refractivity contribution is 0.0907. The van der Waals surface area contributed by atoms with Crippen LogP contribution in [0.2, 0.25) is 0 Å². The highest BCUT2D eigenvalue weighted by molar-refractivity contribution is 5.93. The lowest BCUT2D eigenvalue weighted by Gasteiger charge is -2.34. The van der Waals surface area contributed by atoms with Gasteiger partial charge in [0.15, 0.2) is 0 Å². The lowest BCUT2D eigenvalue weighted by atomic mass is 9.74. The Hall–Kier alpha value is -2.84. The number of pyridine rings is 1. The van der Waals surface area contributed by atoms with E-state index in [0.717, 1.165) is 32.1 Å². The molecule has 0 unspecified atom stereocenters. The largest absolute Gasteiger partial charge is 0.481 e. The third kappa shape index (κ3) is 5.26. The number of nitrogens with one attached hydrogen (secondary N) is 1. The summed E-state index contributed by atoms with van der Waals surface area (Å²) in [6.45, 7) is 2.03. The van der Waals surface area contributed by atoms with Gasteiger partial charge in [0.1, 0.15) is 0 Å². The Kier molecular flexibility index (Phi) is 7.70. The Morgan fingerprint density at radius 2 is 1.81 bits per heavy atom. The zero-order valence-electron chi connectivity index (χ0n) is 18.0. The Labute approximate surface area is 180 Å². The molecule has 1 aliphatic rings. The molecule has 7 nitrogen and oxygen atoms in total. The monoisotopic (exact) mass is 434 g/mol. The average molecular weight is 434 g/mol. The van der Waals surface area contributed by atoms with Crippen LogP contribution in [-0.4, -0.2) is 41.1 Å². The van der Waals surface area contributed by atoms with Gasteiger partial charge in [0.25, 0.3) is 12.3 Å². The standard InChI is InChI=1S/C22H28F2N4O3/c1-4-17(28-20(29)15-11-26-22(31-3)27-12-15)14-7-5-13(6-8-14)16-9-10-25-21(30-2)18(16)19(23)24/h9-14,17,19H,4-8H2,1-3H3,(H,28,29)/t13-,14+,17-/m0/s1. The molecule has 0 aliphatic heterocycles. The molecule has 1 amide bonds. The predicted octanol–water partition coefficient (Wildman–Crippen LogP) is 4.31. The summed E-state index contributed by atoms with van der Waals surface area (Å²) in [6.07, 6.45) is 5.78. The van der Waals surface area contributed by atoms with E-state index >= 15 is 0 Å². The van der Waals surface area contributed by atoms with Crippen molar-refractivity contribution < 1.29 is 23.0 Å². The molecule has 1 saturated carbocycles. The van der Waals surface area contributed by atoms with E-state index in [4.69, 9.17) is 9.47 Å². The highest BCUT2D eigenvalue weighted by Gasteiger charge is 2.32. The molecule has 0 bridgehead atoms. The maximum absolute atomic E-state index is 13.7. The van der Waals surface area contributed by atoms with Gasteiger partial charge in [-0.25, -0.2) is 23.7 Å². The van der Waals surface area contributed by atoms with Gasteiger partial charge in [-0.2, -0.15) is 0 Å². The summed E-state index contributed by atoms with van der Waals surface area (Å²) in [5.41, 5.74) is 0.888. The molecular weight excluding hydrogens is 406 g/mol. The van der Waals surface area contributed by atoms with E-state index in [2.05, 4.69) is 20.3 Å². The Balaban J connectivity index is 1.64. The third-order valence-electron chi connectivity index (χ3n) is 6.01. The van der Waals surface area contributed by atoms with Crippen molar-refractivity contribution >= 4 is 5.91 Å². The molecule has 1 N–H and O–H groups in total. The maximum Gasteiger partial charge on any atom is 0.316 e. The van der Waals surface area contributed by atoms with Crippen molar-refractivity contribution in [2.75, 3.05) is 14.2 Å². The van der Waals surface area contributed by atoms with Gasteiger partial charge in [-0.15, -0.1) is 0 Å². The van der Waals surface area contributed by atoms with Gasteiger partial charge in [0, 0.05) is 24.6 Å². The van der Waals surface area contributed by atoms with Gasteiger partial charge in [0.2, 0.25) is 5.88 Å². The van der Waals surface area contributed by atoms with Crippen LogP contribution in [0.25, 0.3) is 0 Å². The number of amides is 1. The van der Waals surface area contributed by atoms with Crippen LogP contribution in [0.3, 0.4) is 0 Å². The summed E-state index contributed by atoms with van der Waals surface area (Å²) in [7, 11) is 2.82. The van der Waals surface area contributed by atoms with Gasteiger partial charge in [-0.05, 0) is 55.6 Å². The fourth-order valence-electron chi connectivity index (χ4n) is 4.38. The Bertz CT molecular complexity index is 872. The third-order valence-corrected chi connectivity index (χ3v) is 6.01. The van der Waals surface area contributed by atoms with E-state index in [9.17, 15) is 13.6 Å². The zero-order valence-corrected chi connectivity index (χ0v) is 18.0. The van der Waals surface area contributed by atoms with Crippen LogP contribution in [0.5, 0.6) is 11.9 Å². The van der Waals surface area contributed by atoms with Crippen molar-refractivity contribution in [2.24, 2.45) is 5.92 Å². The van der Waals surface area contributed by atoms with Crippen LogP contribution in [0.15, 0.2) is 24.7 Å². The second kappa shape index (κ2) is 10.5. The molecule has 0 saturated heterocycles. The number of methoxy groups -OCH3 is 2. The number of hydrogen-bond donors (Lipinski definition) is 1. The fourth-order valence-corrected chi connectivity index (χ4v) is 4.38. The highest BCUT2D eigenvalue weighted by Crippen LogP contribution is 2.42. The van der Waals surface area contributed by atoms with E-state index in [-0.39, 0.29) is 41.2 Å².